The second-order valence-electron chi connectivity index (χ2n) is 3.79. The van der Waals surface area contributed by atoms with Crippen LogP contribution < -0.4 is 11.1 Å². The van der Waals surface area contributed by atoms with Crippen LogP contribution >= 0.6 is 0 Å². The first-order valence-electron chi connectivity index (χ1n) is 5.29. The van der Waals surface area contributed by atoms with Gasteiger partial charge in [0.05, 0.1) is 5.69 Å². The number of nitrogens with one attached hydrogen (secondary N) is 1. The standard InChI is InChI=1S/C13H9F3N2O/c14-8-3-1-2-4-11(8)18-13(19)7-5-9(15)12(17)10(16)6-7/h1-6H,17H2,(H,18,19). The molecule has 0 aromatic heterocycles. The van der Waals surface area contributed by atoms with E-state index in [4.69, 9.17) is 5.73 Å². The Bertz CT molecular complexity index is 621. The summed E-state index contributed by atoms with van der Waals surface area (Å²) >= 11 is 0. The average Bonchev–Trinajstić information content (AvgIpc) is 2.38. The second-order valence-corrected chi connectivity index (χ2v) is 3.79. The third-order valence-electron chi connectivity index (χ3n) is 2.46. The van der Waals surface area contributed by atoms with E-state index >= 15 is 0 Å². The zero-order valence-corrected chi connectivity index (χ0v) is 9.58. The smallest absolute Gasteiger partial charge is 0.255 e. The van der Waals surface area contributed by atoms with E-state index in [1.54, 1.807) is 0 Å². The molecule has 3 nitrogen and oxygen atoms in total. The van der Waals surface area contributed by atoms with Crippen molar-refractivity contribution in [1.29, 1.82) is 0 Å². The van der Waals surface area contributed by atoms with Gasteiger partial charge in [0.2, 0.25) is 0 Å². The van der Waals surface area contributed by atoms with Crippen molar-refractivity contribution in [2.24, 2.45) is 0 Å². The minimum Gasteiger partial charge on any atom is -0.394 e. The Labute approximate surface area is 106 Å². The highest BCUT2D eigenvalue weighted by molar-refractivity contribution is 6.04. The first-order chi connectivity index (χ1) is 8.99. The van der Waals surface area contributed by atoms with Crippen LogP contribution in [0.2, 0.25) is 0 Å². The van der Waals surface area contributed by atoms with Crippen molar-refractivity contribution in [3.63, 3.8) is 0 Å². The molecule has 0 heterocycles. The predicted octanol–water partition coefficient (Wildman–Crippen LogP) is 2.94. The van der Waals surface area contributed by atoms with Gasteiger partial charge in [-0.1, -0.05) is 12.1 Å². The summed E-state index contributed by atoms with van der Waals surface area (Å²) in [4.78, 5) is 11.7. The van der Waals surface area contributed by atoms with E-state index in [9.17, 15) is 18.0 Å². The summed E-state index contributed by atoms with van der Waals surface area (Å²) < 4.78 is 39.7. The van der Waals surface area contributed by atoms with Gasteiger partial charge in [-0.05, 0) is 24.3 Å². The lowest BCUT2D eigenvalue weighted by Crippen LogP contribution is -2.14. The number of hydrogen-bond acceptors (Lipinski definition) is 2. The van der Waals surface area contributed by atoms with Gasteiger partial charge in [0.1, 0.15) is 23.1 Å². The molecule has 0 atom stereocenters. The Kier molecular flexibility index (Phi) is 3.41. The number of anilines is 2. The van der Waals surface area contributed by atoms with Crippen molar-refractivity contribution >= 4 is 17.3 Å². The fourth-order valence-corrected chi connectivity index (χ4v) is 1.47. The first kappa shape index (κ1) is 12.9. The topological polar surface area (TPSA) is 55.1 Å². The van der Waals surface area contributed by atoms with Gasteiger partial charge >= 0.3 is 0 Å². The molecule has 0 saturated heterocycles. The van der Waals surface area contributed by atoms with Crippen molar-refractivity contribution in [3.05, 3.63) is 59.4 Å². The van der Waals surface area contributed by atoms with Gasteiger partial charge in [0, 0.05) is 5.56 Å². The van der Waals surface area contributed by atoms with Crippen molar-refractivity contribution in [2.75, 3.05) is 11.1 Å². The molecule has 2 aromatic carbocycles. The number of amides is 1. The van der Waals surface area contributed by atoms with Crippen LogP contribution in [0.3, 0.4) is 0 Å². The maximum atomic E-state index is 13.3. The highest BCUT2D eigenvalue weighted by Gasteiger charge is 2.14. The summed E-state index contributed by atoms with van der Waals surface area (Å²) in [5.41, 5.74) is 4.06. The summed E-state index contributed by atoms with van der Waals surface area (Å²) in [7, 11) is 0. The average molecular weight is 266 g/mol. The highest BCUT2D eigenvalue weighted by atomic mass is 19.1. The monoisotopic (exact) mass is 266 g/mol. The molecule has 1 amide bonds. The van der Waals surface area contributed by atoms with Gasteiger partial charge < -0.3 is 11.1 Å². The molecule has 19 heavy (non-hydrogen) atoms. The minimum absolute atomic E-state index is 0.0786. The summed E-state index contributed by atoms with van der Waals surface area (Å²) in [5.74, 6) is -3.56. The van der Waals surface area contributed by atoms with Gasteiger partial charge in [-0.3, -0.25) is 4.79 Å². The number of nitrogen functional groups attached to an aromatic ring is 1. The highest BCUT2D eigenvalue weighted by Crippen LogP contribution is 2.19. The fourth-order valence-electron chi connectivity index (χ4n) is 1.47. The zero-order valence-electron chi connectivity index (χ0n) is 9.58. The number of benzene rings is 2. The van der Waals surface area contributed by atoms with Crippen LogP contribution in [0.4, 0.5) is 24.5 Å². The molecular formula is C13H9F3N2O. The predicted molar refractivity (Wildman–Crippen MR) is 65.1 cm³/mol. The second kappa shape index (κ2) is 5.01. The van der Waals surface area contributed by atoms with Gasteiger partial charge in [-0.15, -0.1) is 0 Å². The van der Waals surface area contributed by atoms with Crippen LogP contribution in [-0.4, -0.2) is 5.91 Å². The number of para-hydroxylation sites is 1. The summed E-state index contributed by atoms with van der Waals surface area (Å²) in [6.45, 7) is 0. The molecular weight excluding hydrogens is 257 g/mol. The largest absolute Gasteiger partial charge is 0.394 e. The Morgan fingerprint density at radius 1 is 1.00 bits per heavy atom. The number of nitrogens with two attached hydrogens (primary N) is 1. The number of halogens is 3. The van der Waals surface area contributed by atoms with Crippen LogP contribution in [0, 0.1) is 17.5 Å². The summed E-state index contributed by atoms with van der Waals surface area (Å²) in [6, 6.07) is 7.02. The van der Waals surface area contributed by atoms with Gasteiger partial charge in [-0.25, -0.2) is 13.2 Å². The molecule has 2 aromatic rings. The van der Waals surface area contributed by atoms with Crippen LogP contribution in [0.15, 0.2) is 36.4 Å². The maximum absolute atomic E-state index is 13.3. The van der Waals surface area contributed by atoms with Crippen molar-refractivity contribution in [2.45, 2.75) is 0 Å². The van der Waals surface area contributed by atoms with Crippen molar-refractivity contribution < 1.29 is 18.0 Å². The molecule has 0 radical (unpaired) electrons. The molecule has 0 spiro atoms. The normalized spacial score (nSPS) is 10.3. The molecule has 3 N–H and O–H groups in total. The number of rotatable bonds is 2. The third kappa shape index (κ3) is 2.67. The Balaban J connectivity index is 2.28. The molecule has 0 fully saturated rings. The van der Waals surface area contributed by atoms with Crippen LogP contribution in [0.5, 0.6) is 0 Å². The van der Waals surface area contributed by atoms with Gasteiger partial charge in [0.25, 0.3) is 5.91 Å². The SMILES string of the molecule is Nc1c(F)cc(C(=O)Nc2ccccc2F)cc1F. The molecule has 6 heteroatoms. The van der Waals surface area contributed by atoms with Crippen LogP contribution in [0.25, 0.3) is 0 Å². The van der Waals surface area contributed by atoms with Crippen molar-refractivity contribution in [1.82, 2.24) is 0 Å². The van der Waals surface area contributed by atoms with Crippen LogP contribution in [0.1, 0.15) is 10.4 Å². The number of carbonyl (C=O) groups is 1. The van der Waals surface area contributed by atoms with E-state index in [0.717, 1.165) is 18.2 Å². The van der Waals surface area contributed by atoms with Crippen molar-refractivity contribution in [3.8, 4) is 0 Å². The first-order valence-corrected chi connectivity index (χ1v) is 5.29. The van der Waals surface area contributed by atoms with E-state index in [1.807, 2.05) is 0 Å². The molecule has 2 rings (SSSR count). The quantitative estimate of drug-likeness (QED) is 0.821. The molecule has 0 bridgehead atoms. The van der Waals surface area contributed by atoms with E-state index in [2.05, 4.69) is 5.32 Å². The van der Waals surface area contributed by atoms with E-state index in [1.165, 1.54) is 18.2 Å². The van der Waals surface area contributed by atoms with Gasteiger partial charge in [-0.2, -0.15) is 0 Å². The molecule has 0 aliphatic carbocycles. The lowest BCUT2D eigenvalue weighted by Gasteiger charge is -2.07. The molecule has 0 aliphatic heterocycles. The number of hydrogen-bond donors (Lipinski definition) is 2. The Morgan fingerprint density at radius 2 is 1.58 bits per heavy atom. The van der Waals surface area contributed by atoms with Crippen LogP contribution in [-0.2, 0) is 0 Å². The Hall–Kier alpha value is -2.50. The lowest BCUT2D eigenvalue weighted by molar-refractivity contribution is 0.102. The molecule has 0 saturated carbocycles. The summed E-state index contributed by atoms with van der Waals surface area (Å²) in [6.07, 6.45) is 0. The van der Waals surface area contributed by atoms with E-state index < -0.39 is 29.0 Å². The van der Waals surface area contributed by atoms with Gasteiger partial charge in [0.15, 0.2) is 0 Å². The summed E-state index contributed by atoms with van der Waals surface area (Å²) in [5, 5.41) is 2.21. The lowest BCUT2D eigenvalue weighted by atomic mass is 10.1. The fraction of sp³-hybridized carbons (Fsp3) is 0. The van der Waals surface area contributed by atoms with E-state index in [-0.39, 0.29) is 11.3 Å². The minimum atomic E-state index is -1.04. The third-order valence-corrected chi connectivity index (χ3v) is 2.46. The number of carbonyl (C=O) groups excluding carboxylic acids is 1. The molecule has 98 valence electrons. The molecule has 0 aliphatic rings. The van der Waals surface area contributed by atoms with E-state index in [0.29, 0.717) is 0 Å². The Morgan fingerprint density at radius 3 is 2.16 bits per heavy atom. The maximum Gasteiger partial charge on any atom is 0.255 e. The zero-order chi connectivity index (χ0) is 14.0. The molecule has 0 unspecified atom stereocenters.